The molecule has 0 bridgehead atoms. The van der Waals surface area contributed by atoms with E-state index in [-0.39, 0.29) is 5.71 Å². The second kappa shape index (κ2) is 3.14. The first kappa shape index (κ1) is 5.94. The van der Waals surface area contributed by atoms with E-state index < -0.39 is 0 Å². The number of hydrogen-bond donors (Lipinski definition) is 2. The summed E-state index contributed by atoms with van der Waals surface area (Å²) in [7, 11) is 0. The van der Waals surface area contributed by atoms with Crippen LogP contribution in [0.4, 0.5) is 0 Å². The Hall–Kier alpha value is -1.06. The van der Waals surface area contributed by atoms with Crippen molar-refractivity contribution in [1.82, 2.24) is 0 Å². The van der Waals surface area contributed by atoms with Crippen LogP contribution in [0.15, 0.2) is 10.3 Å². The van der Waals surface area contributed by atoms with Crippen molar-refractivity contribution in [2.75, 3.05) is 0 Å². The van der Waals surface area contributed by atoms with Crippen LogP contribution >= 0.6 is 0 Å². The molecule has 0 saturated carbocycles. The van der Waals surface area contributed by atoms with E-state index in [1.807, 2.05) is 0 Å². The van der Waals surface area contributed by atoms with E-state index in [9.17, 15) is 0 Å². The highest BCUT2D eigenvalue weighted by molar-refractivity contribution is 6.28. The van der Waals surface area contributed by atoms with Crippen LogP contribution in [-0.4, -0.2) is 22.3 Å². The Balaban J connectivity index is 3.58. The summed E-state index contributed by atoms with van der Waals surface area (Å²) in [5, 5.41) is 20.9. The predicted octanol–water partition coefficient (Wildman–Crippen LogP) is 0.296. The van der Waals surface area contributed by atoms with E-state index in [0.29, 0.717) is 0 Å². The van der Waals surface area contributed by atoms with E-state index >= 15 is 0 Å². The maximum absolute atomic E-state index is 7.85. The smallest absolute Gasteiger partial charge is 0.0980 e. The minimum atomic E-state index is 0.266. The van der Waals surface area contributed by atoms with Crippen molar-refractivity contribution in [3.05, 3.63) is 0 Å². The molecule has 0 aromatic rings. The van der Waals surface area contributed by atoms with Gasteiger partial charge in [-0.05, 0) is 6.92 Å². The predicted molar refractivity (Wildman–Crippen MR) is 25.2 cm³/mol. The first-order valence-electron chi connectivity index (χ1n) is 1.67. The first-order valence-corrected chi connectivity index (χ1v) is 1.67. The van der Waals surface area contributed by atoms with Crippen molar-refractivity contribution in [3.63, 3.8) is 0 Å². The maximum atomic E-state index is 7.85. The van der Waals surface area contributed by atoms with Crippen LogP contribution in [0.1, 0.15) is 6.92 Å². The molecule has 0 amide bonds. The number of oxime groups is 2. The fourth-order valence-corrected chi connectivity index (χ4v) is 0.109. The molecule has 0 atom stereocenters. The average Bonchev–Trinajstić information content (AvgIpc) is 1.68. The molecule has 4 heteroatoms. The minimum absolute atomic E-state index is 0.266. The lowest BCUT2D eigenvalue weighted by atomic mass is 10.5. The maximum Gasteiger partial charge on any atom is 0.0980 e. The fraction of sp³-hybridized carbons (Fsp3) is 0.333. The zero-order valence-corrected chi connectivity index (χ0v) is 3.87. The second-order valence-electron chi connectivity index (χ2n) is 0.986. The largest absolute Gasteiger partial charge is 0.411 e. The molecule has 0 rings (SSSR count). The third kappa shape index (κ3) is 2.75. The summed E-state index contributed by atoms with van der Waals surface area (Å²) in [4.78, 5) is 0. The second-order valence-corrected chi connectivity index (χ2v) is 0.986. The summed E-state index contributed by atoms with van der Waals surface area (Å²) < 4.78 is 0. The summed E-state index contributed by atoms with van der Waals surface area (Å²) in [6.45, 7) is 1.50. The SMILES string of the molecule is CC(/C=N\O)=N/O. The van der Waals surface area contributed by atoms with Gasteiger partial charge in [0.25, 0.3) is 0 Å². The highest BCUT2D eigenvalue weighted by atomic mass is 16.4. The molecule has 0 saturated heterocycles. The zero-order valence-electron chi connectivity index (χ0n) is 3.87. The molecule has 2 N–H and O–H groups in total. The van der Waals surface area contributed by atoms with Gasteiger partial charge in [-0.25, -0.2) is 0 Å². The van der Waals surface area contributed by atoms with Gasteiger partial charge in [-0.1, -0.05) is 10.3 Å². The van der Waals surface area contributed by atoms with Crippen molar-refractivity contribution in [1.29, 1.82) is 0 Å². The molecule has 0 unspecified atom stereocenters. The molecular weight excluding hydrogens is 96.0 g/mol. The third-order valence-electron chi connectivity index (χ3n) is 0.402. The summed E-state index contributed by atoms with van der Waals surface area (Å²) >= 11 is 0. The van der Waals surface area contributed by atoms with Gasteiger partial charge in [-0.15, -0.1) is 0 Å². The van der Waals surface area contributed by atoms with Crippen molar-refractivity contribution < 1.29 is 10.4 Å². The normalized spacial score (nSPS) is 13.0. The van der Waals surface area contributed by atoms with Gasteiger partial charge >= 0.3 is 0 Å². The number of hydrogen-bond acceptors (Lipinski definition) is 4. The van der Waals surface area contributed by atoms with Gasteiger partial charge in [0.15, 0.2) is 0 Å². The zero-order chi connectivity index (χ0) is 5.70. The third-order valence-corrected chi connectivity index (χ3v) is 0.402. The van der Waals surface area contributed by atoms with Crippen LogP contribution in [-0.2, 0) is 0 Å². The highest BCUT2D eigenvalue weighted by Gasteiger charge is 1.77. The van der Waals surface area contributed by atoms with Gasteiger partial charge in [-0.3, -0.25) is 0 Å². The van der Waals surface area contributed by atoms with Crippen molar-refractivity contribution in [2.45, 2.75) is 6.92 Å². The topological polar surface area (TPSA) is 65.2 Å². The fourth-order valence-electron chi connectivity index (χ4n) is 0.109. The molecule has 0 aromatic heterocycles. The van der Waals surface area contributed by atoms with E-state index in [0.717, 1.165) is 6.21 Å². The molecule has 7 heavy (non-hydrogen) atoms. The van der Waals surface area contributed by atoms with E-state index in [4.69, 9.17) is 10.4 Å². The van der Waals surface area contributed by atoms with Gasteiger partial charge in [-0.2, -0.15) is 0 Å². The van der Waals surface area contributed by atoms with Crippen LogP contribution in [0, 0.1) is 0 Å². The lowest BCUT2D eigenvalue weighted by Gasteiger charge is -1.76. The monoisotopic (exact) mass is 102 g/mol. The Morgan fingerprint density at radius 3 is 2.29 bits per heavy atom. The van der Waals surface area contributed by atoms with Crippen LogP contribution < -0.4 is 0 Å². The summed E-state index contributed by atoms with van der Waals surface area (Å²) in [5.74, 6) is 0. The Labute approximate surface area is 40.8 Å². The summed E-state index contributed by atoms with van der Waals surface area (Å²) in [6, 6.07) is 0. The molecule has 0 heterocycles. The Morgan fingerprint density at radius 2 is 2.14 bits per heavy atom. The number of nitrogens with zero attached hydrogens (tertiary/aromatic N) is 2. The Morgan fingerprint density at radius 1 is 1.57 bits per heavy atom. The van der Waals surface area contributed by atoms with Gasteiger partial charge in [0, 0.05) is 0 Å². The molecule has 40 valence electrons. The molecule has 0 aliphatic carbocycles. The van der Waals surface area contributed by atoms with Crippen molar-refractivity contribution >= 4 is 11.9 Å². The van der Waals surface area contributed by atoms with Crippen molar-refractivity contribution in [3.8, 4) is 0 Å². The van der Waals surface area contributed by atoms with Gasteiger partial charge in [0.1, 0.15) is 0 Å². The molecule has 0 radical (unpaired) electrons. The van der Waals surface area contributed by atoms with Crippen molar-refractivity contribution in [2.24, 2.45) is 10.3 Å². The van der Waals surface area contributed by atoms with Gasteiger partial charge < -0.3 is 10.4 Å². The Kier molecular flexibility index (Phi) is 2.67. The Bertz CT molecular complexity index is 97.1. The molecule has 4 nitrogen and oxygen atoms in total. The highest BCUT2D eigenvalue weighted by Crippen LogP contribution is 1.64. The summed E-state index contributed by atoms with van der Waals surface area (Å²) in [6.07, 6.45) is 1.03. The van der Waals surface area contributed by atoms with E-state index in [1.165, 1.54) is 6.92 Å². The van der Waals surface area contributed by atoms with E-state index in [2.05, 4.69) is 10.3 Å². The summed E-state index contributed by atoms with van der Waals surface area (Å²) in [5.41, 5.74) is 0.266. The van der Waals surface area contributed by atoms with Crippen LogP contribution in [0.2, 0.25) is 0 Å². The molecule has 0 aliphatic rings. The lowest BCUT2D eigenvalue weighted by molar-refractivity contribution is 0.315. The van der Waals surface area contributed by atoms with Crippen LogP contribution in [0.3, 0.4) is 0 Å². The van der Waals surface area contributed by atoms with Gasteiger partial charge in [0.05, 0.1) is 11.9 Å². The molecule has 0 spiro atoms. The van der Waals surface area contributed by atoms with E-state index in [1.54, 1.807) is 0 Å². The molecular formula is C3H6N2O2. The molecule has 0 aliphatic heterocycles. The quantitative estimate of drug-likeness (QED) is 0.284. The first-order chi connectivity index (χ1) is 3.31. The standard InChI is InChI=1S/C3H6N2O2/c1-3(5-7)2-4-6/h2,6-7H,1H3/b4-2-,5-3-. The lowest BCUT2D eigenvalue weighted by Crippen LogP contribution is -1.90. The molecule has 0 fully saturated rings. The van der Waals surface area contributed by atoms with Crippen LogP contribution in [0.5, 0.6) is 0 Å². The minimum Gasteiger partial charge on any atom is -0.411 e. The average molecular weight is 102 g/mol. The van der Waals surface area contributed by atoms with Gasteiger partial charge in [0.2, 0.25) is 0 Å². The number of rotatable bonds is 1. The molecule has 0 aromatic carbocycles. The van der Waals surface area contributed by atoms with Crippen LogP contribution in [0.25, 0.3) is 0 Å².